The summed E-state index contributed by atoms with van der Waals surface area (Å²) in [5.74, 6) is -1.86. The van der Waals surface area contributed by atoms with Crippen molar-refractivity contribution in [2.24, 2.45) is 5.73 Å². The van der Waals surface area contributed by atoms with Crippen molar-refractivity contribution in [3.05, 3.63) is 47.3 Å². The van der Waals surface area contributed by atoms with Crippen LogP contribution in [0, 0.1) is 5.82 Å². The molecule has 4 nitrogen and oxygen atoms in total. The number of amides is 2. The highest BCUT2D eigenvalue weighted by atomic mass is 32.2. The summed E-state index contributed by atoms with van der Waals surface area (Å²) in [7, 11) is 0. The van der Waals surface area contributed by atoms with Gasteiger partial charge in [-0.05, 0) is 24.5 Å². The molecule has 7 heteroatoms. The van der Waals surface area contributed by atoms with E-state index in [0.717, 1.165) is 4.21 Å². The van der Waals surface area contributed by atoms with Crippen LogP contribution in [-0.2, 0) is 0 Å². The highest BCUT2D eigenvalue weighted by Gasteiger charge is 2.18. The van der Waals surface area contributed by atoms with Crippen LogP contribution in [0.25, 0.3) is 0 Å². The fourth-order valence-electron chi connectivity index (χ4n) is 1.56. The third kappa shape index (κ3) is 3.00. The number of thioether (sulfide) groups is 1. The molecule has 20 heavy (non-hydrogen) atoms. The number of primary amides is 1. The van der Waals surface area contributed by atoms with Crippen LogP contribution in [-0.4, -0.2) is 18.1 Å². The average Bonchev–Trinajstić information content (AvgIpc) is 2.82. The van der Waals surface area contributed by atoms with Crippen LogP contribution >= 0.6 is 23.1 Å². The molecule has 0 radical (unpaired) electrons. The number of carbonyl (C=O) groups is 2. The molecule has 0 saturated carbocycles. The first-order chi connectivity index (χ1) is 9.52. The van der Waals surface area contributed by atoms with Gasteiger partial charge in [-0.2, -0.15) is 0 Å². The van der Waals surface area contributed by atoms with Crippen molar-refractivity contribution in [2.75, 3.05) is 11.6 Å². The Kier molecular flexibility index (Phi) is 4.41. The van der Waals surface area contributed by atoms with Gasteiger partial charge in [-0.1, -0.05) is 12.1 Å². The summed E-state index contributed by atoms with van der Waals surface area (Å²) in [6.07, 6.45) is 1.85. The fourth-order valence-corrected chi connectivity index (χ4v) is 3.17. The number of hydrogen-bond acceptors (Lipinski definition) is 4. The summed E-state index contributed by atoms with van der Waals surface area (Å²) in [5.41, 5.74) is 5.40. The summed E-state index contributed by atoms with van der Waals surface area (Å²) in [6, 6.07) is 7.24. The molecule has 3 N–H and O–H groups in total. The standard InChI is InChI=1S/C13H11FN2O2S2/c1-19-10-6-8(11(15)17)13(20-10)16-12(18)7-4-2-3-5-9(7)14/h2-6H,1H3,(H2,15,17)(H,16,18). The first-order valence-corrected chi connectivity index (χ1v) is 7.60. The van der Waals surface area contributed by atoms with Crippen LogP contribution in [0.15, 0.2) is 34.5 Å². The quantitative estimate of drug-likeness (QED) is 0.853. The van der Waals surface area contributed by atoms with E-state index in [4.69, 9.17) is 5.73 Å². The Bertz CT molecular complexity index is 670. The number of benzene rings is 1. The summed E-state index contributed by atoms with van der Waals surface area (Å²) in [4.78, 5) is 23.3. The van der Waals surface area contributed by atoms with Gasteiger partial charge in [0.25, 0.3) is 11.8 Å². The van der Waals surface area contributed by atoms with Gasteiger partial charge in [0.1, 0.15) is 10.8 Å². The molecule has 0 aliphatic heterocycles. The zero-order valence-corrected chi connectivity index (χ0v) is 12.1. The Labute approximate surface area is 123 Å². The number of carbonyl (C=O) groups excluding carboxylic acids is 2. The van der Waals surface area contributed by atoms with E-state index in [0.29, 0.717) is 5.00 Å². The minimum absolute atomic E-state index is 0.0815. The maximum absolute atomic E-state index is 13.5. The smallest absolute Gasteiger partial charge is 0.259 e. The first-order valence-electron chi connectivity index (χ1n) is 5.56. The normalized spacial score (nSPS) is 10.3. The molecule has 104 valence electrons. The predicted molar refractivity (Wildman–Crippen MR) is 79.0 cm³/mol. The van der Waals surface area contributed by atoms with Crippen LogP contribution in [0.4, 0.5) is 9.39 Å². The number of thiophene rings is 1. The van der Waals surface area contributed by atoms with Crippen molar-refractivity contribution in [1.82, 2.24) is 0 Å². The van der Waals surface area contributed by atoms with Crippen molar-refractivity contribution in [2.45, 2.75) is 4.21 Å². The molecule has 0 aliphatic carbocycles. The molecule has 2 amide bonds. The zero-order chi connectivity index (χ0) is 14.7. The number of nitrogens with two attached hydrogens (primary N) is 1. The number of anilines is 1. The van der Waals surface area contributed by atoms with Crippen LogP contribution in [0.5, 0.6) is 0 Å². The highest BCUT2D eigenvalue weighted by Crippen LogP contribution is 2.33. The van der Waals surface area contributed by atoms with Crippen LogP contribution < -0.4 is 11.1 Å². The molecule has 0 aliphatic rings. The minimum Gasteiger partial charge on any atom is -0.366 e. The predicted octanol–water partition coefficient (Wildman–Crippen LogP) is 2.96. The van der Waals surface area contributed by atoms with Crippen molar-refractivity contribution >= 4 is 39.9 Å². The fraction of sp³-hybridized carbons (Fsp3) is 0.0769. The minimum atomic E-state index is -0.634. The van der Waals surface area contributed by atoms with E-state index in [9.17, 15) is 14.0 Å². The Hall–Kier alpha value is -1.86. The maximum Gasteiger partial charge on any atom is 0.259 e. The molecule has 0 bridgehead atoms. The largest absolute Gasteiger partial charge is 0.366 e. The summed E-state index contributed by atoms with van der Waals surface area (Å²) in [5, 5.41) is 2.86. The molecule has 0 fully saturated rings. The molecular weight excluding hydrogens is 299 g/mol. The number of nitrogens with one attached hydrogen (secondary N) is 1. The van der Waals surface area contributed by atoms with E-state index in [1.165, 1.54) is 41.3 Å². The molecule has 2 rings (SSSR count). The summed E-state index contributed by atoms with van der Waals surface area (Å²) in [6.45, 7) is 0. The van der Waals surface area contributed by atoms with Gasteiger partial charge in [0.2, 0.25) is 0 Å². The lowest BCUT2D eigenvalue weighted by atomic mass is 10.2. The monoisotopic (exact) mass is 310 g/mol. The average molecular weight is 310 g/mol. The maximum atomic E-state index is 13.5. The molecule has 2 aromatic rings. The van der Waals surface area contributed by atoms with Crippen LogP contribution in [0.3, 0.4) is 0 Å². The van der Waals surface area contributed by atoms with Crippen LogP contribution in [0.1, 0.15) is 20.7 Å². The zero-order valence-electron chi connectivity index (χ0n) is 10.5. The summed E-state index contributed by atoms with van der Waals surface area (Å²) < 4.78 is 14.4. The second kappa shape index (κ2) is 6.06. The van der Waals surface area contributed by atoms with E-state index in [-0.39, 0.29) is 11.1 Å². The SMILES string of the molecule is CSc1cc(C(N)=O)c(NC(=O)c2ccccc2F)s1. The second-order valence-corrected chi connectivity index (χ2v) is 5.97. The van der Waals surface area contributed by atoms with E-state index < -0.39 is 17.6 Å². The molecule has 0 saturated heterocycles. The number of halogens is 1. The molecule has 1 aromatic heterocycles. The van der Waals surface area contributed by atoms with Gasteiger partial charge in [-0.3, -0.25) is 9.59 Å². The van der Waals surface area contributed by atoms with E-state index in [2.05, 4.69) is 5.32 Å². The van der Waals surface area contributed by atoms with Gasteiger partial charge in [0.15, 0.2) is 0 Å². The Morgan fingerprint density at radius 1 is 1.30 bits per heavy atom. The topological polar surface area (TPSA) is 72.2 Å². The van der Waals surface area contributed by atoms with Crippen LogP contribution in [0.2, 0.25) is 0 Å². The molecule has 0 unspecified atom stereocenters. The van der Waals surface area contributed by atoms with Gasteiger partial charge in [0.05, 0.1) is 15.3 Å². The Balaban J connectivity index is 2.30. The summed E-state index contributed by atoms with van der Waals surface area (Å²) >= 11 is 2.66. The van der Waals surface area contributed by atoms with E-state index >= 15 is 0 Å². The Morgan fingerprint density at radius 3 is 2.60 bits per heavy atom. The molecule has 1 heterocycles. The lowest BCUT2D eigenvalue weighted by Gasteiger charge is -2.05. The number of hydrogen-bond donors (Lipinski definition) is 2. The van der Waals surface area contributed by atoms with Crippen molar-refractivity contribution in [1.29, 1.82) is 0 Å². The van der Waals surface area contributed by atoms with Gasteiger partial charge in [-0.25, -0.2) is 4.39 Å². The molecule has 0 atom stereocenters. The lowest BCUT2D eigenvalue weighted by Crippen LogP contribution is -2.17. The molecule has 1 aromatic carbocycles. The third-order valence-corrected chi connectivity index (χ3v) is 4.64. The van der Waals surface area contributed by atoms with Gasteiger partial charge >= 0.3 is 0 Å². The van der Waals surface area contributed by atoms with E-state index in [1.807, 2.05) is 6.26 Å². The van der Waals surface area contributed by atoms with Gasteiger partial charge in [-0.15, -0.1) is 23.1 Å². The first kappa shape index (κ1) is 14.5. The van der Waals surface area contributed by atoms with Crippen molar-refractivity contribution in [3.63, 3.8) is 0 Å². The van der Waals surface area contributed by atoms with Crippen molar-refractivity contribution < 1.29 is 14.0 Å². The number of rotatable bonds is 4. The van der Waals surface area contributed by atoms with Gasteiger partial charge < -0.3 is 11.1 Å². The third-order valence-electron chi connectivity index (χ3n) is 2.52. The van der Waals surface area contributed by atoms with E-state index in [1.54, 1.807) is 12.1 Å². The molecule has 0 spiro atoms. The Morgan fingerprint density at radius 2 is 2.00 bits per heavy atom. The highest BCUT2D eigenvalue weighted by molar-refractivity contribution is 8.00. The van der Waals surface area contributed by atoms with Gasteiger partial charge in [0, 0.05) is 0 Å². The second-order valence-electron chi connectivity index (χ2n) is 3.81. The van der Waals surface area contributed by atoms with Crippen molar-refractivity contribution in [3.8, 4) is 0 Å². The lowest BCUT2D eigenvalue weighted by molar-refractivity contribution is 0.100. The molecular formula is C13H11FN2O2S2.